The molecule has 0 aromatic rings. The van der Waals surface area contributed by atoms with Crippen molar-refractivity contribution in [3.63, 3.8) is 0 Å². The molecule has 0 spiro atoms. The van der Waals surface area contributed by atoms with Gasteiger partial charge in [0.2, 0.25) is 0 Å². The highest BCUT2D eigenvalue weighted by Crippen LogP contribution is 2.39. The van der Waals surface area contributed by atoms with Crippen LogP contribution in [0.15, 0.2) is 0 Å². The van der Waals surface area contributed by atoms with Crippen LogP contribution >= 0.6 is 0 Å². The van der Waals surface area contributed by atoms with E-state index in [9.17, 15) is 0 Å². The molecule has 1 fully saturated rings. The van der Waals surface area contributed by atoms with Crippen LogP contribution in [-0.4, -0.2) is 19.8 Å². The van der Waals surface area contributed by atoms with E-state index < -0.39 is 0 Å². The predicted octanol–water partition coefficient (Wildman–Crippen LogP) is 3.76. The van der Waals surface area contributed by atoms with Gasteiger partial charge in [0.05, 0.1) is 12.7 Å². The lowest BCUT2D eigenvalue weighted by Crippen LogP contribution is -2.35. The molecule has 16 heavy (non-hydrogen) atoms. The maximum absolute atomic E-state index is 5.99. The zero-order chi connectivity index (χ0) is 12.4. The molecule has 1 unspecified atom stereocenters. The molecule has 1 heterocycles. The topological polar surface area (TPSA) is 18.5 Å². The summed E-state index contributed by atoms with van der Waals surface area (Å²) in [5, 5.41) is 0. The number of hydrogen-bond acceptors (Lipinski definition) is 2. The Hall–Kier alpha value is -0.0151. The first-order valence-electron chi connectivity index (χ1n) is 6.52. The van der Waals surface area contributed by atoms with Crippen LogP contribution in [0, 0.1) is 10.8 Å². The normalized spacial score (nSPS) is 22.9. The molecule has 0 amide bonds. The summed E-state index contributed by atoms with van der Waals surface area (Å²) in [6.07, 6.45) is 3.55. The molecule has 0 radical (unpaired) electrons. The molecular weight excluding hydrogens is 199 g/mol. The molecule has 1 aliphatic heterocycles. The molecule has 0 saturated carbocycles. The quantitative estimate of drug-likeness (QED) is 0.679. The van der Waals surface area contributed by atoms with E-state index in [4.69, 9.17) is 9.31 Å². The molecule has 1 aliphatic rings. The Kier molecular flexibility index (Phi) is 4.47. The average molecular weight is 226 g/mol. The first-order valence-corrected chi connectivity index (χ1v) is 6.52. The van der Waals surface area contributed by atoms with Crippen molar-refractivity contribution in [3.8, 4) is 0 Å². The maximum Gasteiger partial charge on any atom is 0.457 e. The molecular formula is C13H27BO2. The van der Waals surface area contributed by atoms with Crippen LogP contribution in [0.25, 0.3) is 0 Å². The molecule has 0 bridgehead atoms. The second kappa shape index (κ2) is 5.09. The highest BCUT2D eigenvalue weighted by atomic mass is 16.6. The molecule has 0 N–H and O–H groups in total. The predicted molar refractivity (Wildman–Crippen MR) is 69.5 cm³/mol. The highest BCUT2D eigenvalue weighted by Gasteiger charge is 2.41. The van der Waals surface area contributed by atoms with Gasteiger partial charge in [0.1, 0.15) is 0 Å². The van der Waals surface area contributed by atoms with E-state index in [0.717, 1.165) is 25.8 Å². The summed E-state index contributed by atoms with van der Waals surface area (Å²) >= 11 is 0. The van der Waals surface area contributed by atoms with Gasteiger partial charge in [0.25, 0.3) is 0 Å². The van der Waals surface area contributed by atoms with E-state index in [0.29, 0.717) is 5.41 Å². The fraction of sp³-hybridized carbons (Fsp3) is 1.00. The standard InChI is InChI=1S/C13H27BO2/c1-7-8-14-15-9-11(16-14)13(5,6)10-12(2,3)4/h11H,7-10H2,1-6H3. The molecule has 94 valence electrons. The van der Waals surface area contributed by atoms with Gasteiger partial charge < -0.3 is 9.31 Å². The van der Waals surface area contributed by atoms with Crippen molar-refractivity contribution in [2.24, 2.45) is 10.8 Å². The van der Waals surface area contributed by atoms with Crippen LogP contribution < -0.4 is 0 Å². The summed E-state index contributed by atoms with van der Waals surface area (Å²) in [5.74, 6) is 0. The molecule has 3 heteroatoms. The van der Waals surface area contributed by atoms with Gasteiger partial charge in [-0.3, -0.25) is 0 Å². The summed E-state index contributed by atoms with van der Waals surface area (Å²) in [7, 11) is 0.0363. The van der Waals surface area contributed by atoms with E-state index >= 15 is 0 Å². The lowest BCUT2D eigenvalue weighted by Gasteiger charge is -2.36. The minimum atomic E-state index is 0.0363. The molecule has 1 saturated heterocycles. The second-order valence-electron chi connectivity index (χ2n) is 6.90. The summed E-state index contributed by atoms with van der Waals surface area (Å²) in [6.45, 7) is 14.4. The van der Waals surface area contributed by atoms with Crippen molar-refractivity contribution in [2.45, 2.75) is 66.8 Å². The molecule has 1 rings (SSSR count). The highest BCUT2D eigenvalue weighted by molar-refractivity contribution is 6.45. The molecule has 0 aromatic heterocycles. The largest absolute Gasteiger partial charge is 0.457 e. The number of hydrogen-bond donors (Lipinski definition) is 0. The van der Waals surface area contributed by atoms with Crippen molar-refractivity contribution < 1.29 is 9.31 Å². The van der Waals surface area contributed by atoms with Crippen molar-refractivity contribution >= 4 is 7.12 Å². The fourth-order valence-electron chi connectivity index (χ4n) is 2.73. The Bertz CT molecular complexity index is 220. The van der Waals surface area contributed by atoms with Crippen molar-refractivity contribution in [3.05, 3.63) is 0 Å². The third-order valence-electron chi connectivity index (χ3n) is 3.13. The smallest absolute Gasteiger partial charge is 0.408 e. The summed E-state index contributed by atoms with van der Waals surface area (Å²) < 4.78 is 11.7. The van der Waals surface area contributed by atoms with E-state index in [1.54, 1.807) is 0 Å². The minimum Gasteiger partial charge on any atom is -0.408 e. The van der Waals surface area contributed by atoms with Gasteiger partial charge in [0, 0.05) is 0 Å². The van der Waals surface area contributed by atoms with Gasteiger partial charge in [0.15, 0.2) is 0 Å². The van der Waals surface area contributed by atoms with Crippen molar-refractivity contribution in [2.75, 3.05) is 6.61 Å². The van der Waals surface area contributed by atoms with E-state index in [1.807, 2.05) is 0 Å². The maximum atomic E-state index is 5.99. The molecule has 2 nitrogen and oxygen atoms in total. The van der Waals surface area contributed by atoms with Gasteiger partial charge in [-0.1, -0.05) is 48.0 Å². The monoisotopic (exact) mass is 226 g/mol. The first-order chi connectivity index (χ1) is 7.24. The second-order valence-corrected chi connectivity index (χ2v) is 6.90. The molecule has 0 aromatic carbocycles. The SMILES string of the molecule is CCCB1OCC(C(C)(C)CC(C)(C)C)O1. The summed E-state index contributed by atoms with van der Waals surface area (Å²) in [5.41, 5.74) is 0.538. The zero-order valence-corrected chi connectivity index (χ0v) is 11.8. The summed E-state index contributed by atoms with van der Waals surface area (Å²) in [4.78, 5) is 0. The Morgan fingerprint density at radius 3 is 2.31 bits per heavy atom. The molecule has 0 aliphatic carbocycles. The lowest BCUT2D eigenvalue weighted by atomic mass is 9.73. The van der Waals surface area contributed by atoms with Crippen LogP contribution in [0.5, 0.6) is 0 Å². The first kappa shape index (κ1) is 14.0. The van der Waals surface area contributed by atoms with Crippen LogP contribution in [0.4, 0.5) is 0 Å². The van der Waals surface area contributed by atoms with Gasteiger partial charge in [-0.25, -0.2) is 0 Å². The van der Waals surface area contributed by atoms with Gasteiger partial charge in [-0.15, -0.1) is 0 Å². The third-order valence-corrected chi connectivity index (χ3v) is 3.13. The van der Waals surface area contributed by atoms with Crippen molar-refractivity contribution in [1.29, 1.82) is 0 Å². The van der Waals surface area contributed by atoms with Crippen LogP contribution in [0.2, 0.25) is 6.32 Å². The Balaban J connectivity index is 2.51. The number of rotatable bonds is 4. The van der Waals surface area contributed by atoms with E-state index in [1.165, 1.54) is 0 Å². The summed E-state index contributed by atoms with van der Waals surface area (Å²) in [6, 6.07) is 0. The van der Waals surface area contributed by atoms with E-state index in [2.05, 4.69) is 41.5 Å². The Labute approximate surface area is 101 Å². The van der Waals surface area contributed by atoms with Crippen molar-refractivity contribution in [1.82, 2.24) is 0 Å². The van der Waals surface area contributed by atoms with Crippen LogP contribution in [0.3, 0.4) is 0 Å². The Morgan fingerprint density at radius 2 is 1.81 bits per heavy atom. The van der Waals surface area contributed by atoms with E-state index in [-0.39, 0.29) is 18.6 Å². The third kappa shape index (κ3) is 4.10. The average Bonchev–Trinajstić information content (AvgIpc) is 2.49. The van der Waals surface area contributed by atoms with Gasteiger partial charge in [-0.05, 0) is 23.6 Å². The molecule has 1 atom stereocenters. The lowest BCUT2D eigenvalue weighted by molar-refractivity contribution is 0.0538. The van der Waals surface area contributed by atoms with Gasteiger partial charge >= 0.3 is 7.12 Å². The van der Waals surface area contributed by atoms with Crippen LogP contribution in [0.1, 0.15) is 54.4 Å². The fourth-order valence-corrected chi connectivity index (χ4v) is 2.73. The van der Waals surface area contributed by atoms with Crippen LogP contribution in [-0.2, 0) is 9.31 Å². The van der Waals surface area contributed by atoms with Gasteiger partial charge in [-0.2, -0.15) is 0 Å². The zero-order valence-electron chi connectivity index (χ0n) is 11.8. The minimum absolute atomic E-state index is 0.0363. The Morgan fingerprint density at radius 1 is 1.19 bits per heavy atom.